The number of halogens is 2. The molecule has 4 nitrogen and oxygen atoms in total. The van der Waals surface area contributed by atoms with Crippen molar-refractivity contribution in [3.63, 3.8) is 0 Å². The molecule has 0 aromatic heterocycles. The molecule has 3 aromatic rings. The van der Waals surface area contributed by atoms with Gasteiger partial charge in [0, 0.05) is 34.7 Å². The van der Waals surface area contributed by atoms with Crippen LogP contribution in [0.5, 0.6) is 0 Å². The summed E-state index contributed by atoms with van der Waals surface area (Å²) in [6.07, 6.45) is 1.03. The fourth-order valence-electron chi connectivity index (χ4n) is 4.92. The second-order valence-electron chi connectivity index (χ2n) is 8.43. The molecular formula is C27H22Cl2N2O2. The van der Waals surface area contributed by atoms with Crippen molar-refractivity contribution in [1.82, 2.24) is 0 Å². The topological polar surface area (TPSA) is 49.4 Å². The molecule has 1 heterocycles. The maximum atomic E-state index is 13.7. The van der Waals surface area contributed by atoms with Gasteiger partial charge in [-0.2, -0.15) is 0 Å². The zero-order chi connectivity index (χ0) is 23.1. The number of benzene rings is 3. The second-order valence-corrected chi connectivity index (χ2v) is 9.27. The van der Waals surface area contributed by atoms with Gasteiger partial charge in [-0.1, -0.05) is 71.7 Å². The quantitative estimate of drug-likeness (QED) is 0.436. The summed E-state index contributed by atoms with van der Waals surface area (Å²) in [5.74, 6) is -0.109. The average Bonchev–Trinajstić information content (AvgIpc) is 2.94. The molecule has 0 saturated heterocycles. The Balaban J connectivity index is 1.73. The number of carbonyl (C=O) groups is 2. The number of allylic oxidation sites excluding steroid dienone is 1. The van der Waals surface area contributed by atoms with Gasteiger partial charge in [0.2, 0.25) is 5.91 Å². The number of amides is 1. The Morgan fingerprint density at radius 3 is 2.42 bits per heavy atom. The predicted molar refractivity (Wildman–Crippen MR) is 133 cm³/mol. The van der Waals surface area contributed by atoms with E-state index in [1.54, 1.807) is 23.1 Å². The minimum atomic E-state index is -0.650. The fourth-order valence-corrected chi connectivity index (χ4v) is 5.43. The number of nitrogens with one attached hydrogen (secondary N) is 1. The Labute approximate surface area is 202 Å². The maximum Gasteiger partial charge on any atom is 0.224 e. The van der Waals surface area contributed by atoms with Gasteiger partial charge in [0.05, 0.1) is 17.4 Å². The van der Waals surface area contributed by atoms with Gasteiger partial charge in [-0.3, -0.25) is 14.5 Å². The average molecular weight is 477 g/mol. The zero-order valence-corrected chi connectivity index (χ0v) is 19.5. The van der Waals surface area contributed by atoms with Crippen LogP contribution >= 0.6 is 23.2 Å². The number of hydrogen-bond acceptors (Lipinski definition) is 3. The van der Waals surface area contributed by atoms with Gasteiger partial charge >= 0.3 is 0 Å². The van der Waals surface area contributed by atoms with Crippen LogP contribution in [0.4, 0.5) is 11.4 Å². The summed E-state index contributed by atoms with van der Waals surface area (Å²) in [5, 5.41) is 4.42. The number of ketones is 1. The molecule has 2 aliphatic rings. The second kappa shape index (κ2) is 8.69. The molecule has 0 unspecified atom stereocenters. The van der Waals surface area contributed by atoms with E-state index < -0.39 is 6.04 Å². The molecule has 166 valence electrons. The third-order valence-electron chi connectivity index (χ3n) is 6.36. The summed E-state index contributed by atoms with van der Waals surface area (Å²) < 4.78 is 0. The number of hydrogen-bond donors (Lipinski definition) is 1. The van der Waals surface area contributed by atoms with Crippen LogP contribution in [0.3, 0.4) is 0 Å². The van der Waals surface area contributed by atoms with Crippen molar-refractivity contribution in [2.45, 2.75) is 31.7 Å². The first-order chi connectivity index (χ1) is 15.9. The first-order valence-corrected chi connectivity index (χ1v) is 11.6. The van der Waals surface area contributed by atoms with Gasteiger partial charge in [-0.25, -0.2) is 0 Å². The van der Waals surface area contributed by atoms with Crippen LogP contribution < -0.4 is 10.2 Å². The molecule has 6 heteroatoms. The monoisotopic (exact) mass is 476 g/mol. The van der Waals surface area contributed by atoms with E-state index in [2.05, 4.69) is 17.4 Å². The van der Waals surface area contributed by atoms with E-state index in [9.17, 15) is 9.59 Å². The lowest BCUT2D eigenvalue weighted by molar-refractivity contribution is -0.117. The Kier molecular flexibility index (Phi) is 5.73. The van der Waals surface area contributed by atoms with Crippen molar-refractivity contribution < 1.29 is 9.59 Å². The Morgan fingerprint density at radius 1 is 0.970 bits per heavy atom. The summed E-state index contributed by atoms with van der Waals surface area (Å²) in [6.45, 7) is 1.51. The third-order valence-corrected chi connectivity index (χ3v) is 6.92. The number of carbonyl (C=O) groups excluding carboxylic acids is 2. The summed E-state index contributed by atoms with van der Waals surface area (Å²) in [6, 6.07) is 22.2. The number of fused-ring (bicyclic) bond motifs is 1. The molecule has 2 atom stereocenters. The molecule has 0 spiro atoms. The molecule has 1 N–H and O–H groups in total. The van der Waals surface area contributed by atoms with E-state index in [0.717, 1.165) is 16.9 Å². The molecule has 1 amide bonds. The fraction of sp³-hybridized carbons (Fsp3) is 0.185. The van der Waals surface area contributed by atoms with Crippen LogP contribution in [-0.2, 0) is 9.59 Å². The number of para-hydroxylation sites is 2. The highest BCUT2D eigenvalue weighted by Gasteiger charge is 2.41. The van der Waals surface area contributed by atoms with E-state index in [4.69, 9.17) is 23.2 Å². The lowest BCUT2D eigenvalue weighted by Gasteiger charge is -2.35. The largest absolute Gasteiger partial charge is 0.357 e. The van der Waals surface area contributed by atoms with Crippen molar-refractivity contribution in [2.75, 3.05) is 10.2 Å². The molecule has 0 fully saturated rings. The summed E-state index contributed by atoms with van der Waals surface area (Å²) in [5.41, 5.74) is 4.70. The highest BCUT2D eigenvalue weighted by Crippen LogP contribution is 2.48. The van der Waals surface area contributed by atoms with E-state index in [1.165, 1.54) is 6.92 Å². The summed E-state index contributed by atoms with van der Waals surface area (Å²) >= 11 is 12.8. The van der Waals surface area contributed by atoms with Gasteiger partial charge in [0.1, 0.15) is 0 Å². The van der Waals surface area contributed by atoms with E-state index in [0.29, 0.717) is 39.7 Å². The number of anilines is 2. The van der Waals surface area contributed by atoms with Crippen molar-refractivity contribution in [3.8, 4) is 0 Å². The van der Waals surface area contributed by atoms with Gasteiger partial charge in [-0.15, -0.1) is 0 Å². The molecule has 33 heavy (non-hydrogen) atoms. The summed E-state index contributed by atoms with van der Waals surface area (Å²) in [4.78, 5) is 28.4. The Morgan fingerprint density at radius 2 is 1.70 bits per heavy atom. The third kappa shape index (κ3) is 3.94. The molecule has 0 bridgehead atoms. The molecule has 1 aliphatic carbocycles. The molecular weight excluding hydrogens is 455 g/mol. The normalized spacial score (nSPS) is 20.0. The number of rotatable bonds is 2. The van der Waals surface area contributed by atoms with Gasteiger partial charge in [-0.05, 0) is 47.7 Å². The van der Waals surface area contributed by atoms with Crippen LogP contribution in [0.2, 0.25) is 10.0 Å². The van der Waals surface area contributed by atoms with Gasteiger partial charge < -0.3 is 5.32 Å². The van der Waals surface area contributed by atoms with Crippen LogP contribution in [-0.4, -0.2) is 11.7 Å². The maximum absolute atomic E-state index is 13.7. The number of Topliss-reactive ketones (excluding diaryl/α,β-unsaturated/α-hetero) is 1. The van der Waals surface area contributed by atoms with Crippen LogP contribution in [0, 0.1) is 0 Å². The molecule has 3 aromatic carbocycles. The molecule has 0 saturated carbocycles. The Hall–Kier alpha value is -3.08. The predicted octanol–water partition coefficient (Wildman–Crippen LogP) is 6.91. The van der Waals surface area contributed by atoms with Crippen molar-refractivity contribution in [3.05, 3.63) is 105 Å². The van der Waals surface area contributed by atoms with Crippen molar-refractivity contribution >= 4 is 46.3 Å². The van der Waals surface area contributed by atoms with Crippen LogP contribution in [0.15, 0.2) is 84.1 Å². The molecule has 1 aliphatic heterocycles. The van der Waals surface area contributed by atoms with E-state index in [-0.39, 0.29) is 17.6 Å². The van der Waals surface area contributed by atoms with Gasteiger partial charge in [0.15, 0.2) is 5.78 Å². The highest BCUT2D eigenvalue weighted by atomic mass is 35.5. The minimum absolute atomic E-state index is 0.00711. The van der Waals surface area contributed by atoms with Crippen molar-refractivity contribution in [1.29, 1.82) is 0 Å². The molecule has 0 radical (unpaired) electrons. The SMILES string of the molecule is CC(=O)N1c2ccccc2NC2=C(C(=O)C[C@@H](c3ccccc3)C2)[C@H]1c1ccc(Cl)cc1Cl. The van der Waals surface area contributed by atoms with Crippen LogP contribution in [0.25, 0.3) is 0 Å². The first-order valence-electron chi connectivity index (χ1n) is 10.9. The van der Waals surface area contributed by atoms with Gasteiger partial charge in [0.25, 0.3) is 0 Å². The minimum Gasteiger partial charge on any atom is -0.357 e. The van der Waals surface area contributed by atoms with Crippen molar-refractivity contribution in [2.24, 2.45) is 0 Å². The number of nitrogens with zero attached hydrogens (tertiary/aromatic N) is 1. The van der Waals surface area contributed by atoms with E-state index >= 15 is 0 Å². The zero-order valence-electron chi connectivity index (χ0n) is 18.0. The smallest absolute Gasteiger partial charge is 0.224 e. The van der Waals surface area contributed by atoms with E-state index in [1.807, 2.05) is 42.5 Å². The highest BCUT2D eigenvalue weighted by molar-refractivity contribution is 6.35. The Bertz CT molecular complexity index is 1290. The first kappa shape index (κ1) is 21.7. The summed E-state index contributed by atoms with van der Waals surface area (Å²) in [7, 11) is 0. The lowest BCUT2D eigenvalue weighted by Crippen LogP contribution is -2.37. The van der Waals surface area contributed by atoms with Crippen LogP contribution in [0.1, 0.15) is 42.9 Å². The standard InChI is InChI=1S/C27H22Cl2N2O2/c1-16(32)31-24-10-6-5-9-22(24)30-23-13-18(17-7-3-2-4-8-17)14-25(33)26(23)27(31)20-12-11-19(28)15-21(20)29/h2-12,15,18,27,30H,13-14H2,1H3/t18-,27+/m0/s1. The lowest BCUT2D eigenvalue weighted by atomic mass is 9.78. The molecule has 5 rings (SSSR count).